The van der Waals surface area contributed by atoms with E-state index in [0.29, 0.717) is 11.3 Å². The van der Waals surface area contributed by atoms with Crippen LogP contribution in [0.15, 0.2) is 42.6 Å². The van der Waals surface area contributed by atoms with Gasteiger partial charge in [0.1, 0.15) is 5.82 Å². The molecule has 0 aliphatic heterocycles. The van der Waals surface area contributed by atoms with Gasteiger partial charge in [0.25, 0.3) is 0 Å². The van der Waals surface area contributed by atoms with Gasteiger partial charge in [-0.15, -0.1) is 0 Å². The summed E-state index contributed by atoms with van der Waals surface area (Å²) in [5, 5.41) is 0. The van der Waals surface area contributed by atoms with E-state index in [1.165, 1.54) is 18.3 Å². The first-order valence-electron chi connectivity index (χ1n) is 5.16. The smallest absolute Gasteiger partial charge is 0.196 e. The lowest BCUT2D eigenvalue weighted by Crippen LogP contribution is -2.07. The highest BCUT2D eigenvalue weighted by Gasteiger charge is 2.13. The highest BCUT2D eigenvalue weighted by atomic mass is 19.1. The van der Waals surface area contributed by atoms with Crippen LogP contribution in [0.4, 0.5) is 4.39 Å². The third-order valence-electron chi connectivity index (χ3n) is 2.41. The van der Waals surface area contributed by atoms with E-state index in [1.54, 1.807) is 24.3 Å². The molecule has 0 bridgehead atoms. The molecule has 0 fully saturated rings. The summed E-state index contributed by atoms with van der Waals surface area (Å²) in [5.41, 5.74) is 6.49. The third-order valence-corrected chi connectivity index (χ3v) is 2.41. The van der Waals surface area contributed by atoms with Crippen molar-refractivity contribution in [3.8, 4) is 0 Å². The fourth-order valence-electron chi connectivity index (χ4n) is 1.53. The number of rotatable bonds is 3. The number of hydrogen-bond donors (Lipinski definition) is 1. The van der Waals surface area contributed by atoms with E-state index < -0.39 is 5.82 Å². The van der Waals surface area contributed by atoms with Gasteiger partial charge in [-0.3, -0.25) is 9.78 Å². The minimum Gasteiger partial charge on any atom is -0.325 e. The van der Waals surface area contributed by atoms with Gasteiger partial charge in [0.05, 0.1) is 11.3 Å². The van der Waals surface area contributed by atoms with E-state index in [4.69, 9.17) is 5.73 Å². The number of hydrogen-bond acceptors (Lipinski definition) is 3. The Morgan fingerprint density at radius 1 is 1.29 bits per heavy atom. The van der Waals surface area contributed by atoms with E-state index in [1.807, 2.05) is 0 Å². The Kier molecular flexibility index (Phi) is 3.25. The summed E-state index contributed by atoms with van der Waals surface area (Å²) < 4.78 is 13.4. The molecule has 0 amide bonds. The minimum absolute atomic E-state index is 0.0571. The Hall–Kier alpha value is -2.07. The van der Waals surface area contributed by atoms with Crippen molar-refractivity contribution in [3.63, 3.8) is 0 Å². The van der Waals surface area contributed by atoms with E-state index in [9.17, 15) is 9.18 Å². The van der Waals surface area contributed by atoms with Gasteiger partial charge in [0.15, 0.2) is 5.78 Å². The lowest BCUT2D eigenvalue weighted by atomic mass is 10.0. The van der Waals surface area contributed by atoms with Crippen LogP contribution in [-0.2, 0) is 6.54 Å². The number of carbonyl (C=O) groups excluding carboxylic acids is 1. The number of ketones is 1. The van der Waals surface area contributed by atoms with Crippen LogP contribution in [0.25, 0.3) is 0 Å². The van der Waals surface area contributed by atoms with Crippen molar-refractivity contribution >= 4 is 5.78 Å². The first-order chi connectivity index (χ1) is 8.22. The van der Waals surface area contributed by atoms with Gasteiger partial charge in [-0.1, -0.05) is 12.1 Å². The molecule has 0 radical (unpaired) electrons. The second kappa shape index (κ2) is 4.84. The first kappa shape index (κ1) is 11.4. The molecule has 4 heteroatoms. The maximum absolute atomic E-state index is 13.4. The molecule has 86 valence electrons. The lowest BCUT2D eigenvalue weighted by molar-refractivity contribution is 0.103. The number of nitrogens with two attached hydrogens (primary N) is 1. The van der Waals surface area contributed by atoms with Crippen LogP contribution in [0.2, 0.25) is 0 Å². The van der Waals surface area contributed by atoms with Crippen LogP contribution < -0.4 is 5.73 Å². The molecule has 2 aromatic rings. The molecule has 0 saturated heterocycles. The van der Waals surface area contributed by atoms with Crippen LogP contribution in [0.1, 0.15) is 21.6 Å². The van der Waals surface area contributed by atoms with Crippen molar-refractivity contribution in [2.45, 2.75) is 6.54 Å². The molecule has 0 aliphatic carbocycles. The van der Waals surface area contributed by atoms with Gasteiger partial charge < -0.3 is 5.73 Å². The highest BCUT2D eigenvalue weighted by Crippen LogP contribution is 2.13. The van der Waals surface area contributed by atoms with Gasteiger partial charge in [-0.2, -0.15) is 0 Å². The molecular weight excluding hydrogens is 219 g/mol. The quantitative estimate of drug-likeness (QED) is 0.819. The Labute approximate surface area is 98.1 Å². The molecule has 0 unspecified atom stereocenters. The maximum Gasteiger partial charge on any atom is 0.196 e. The Balaban J connectivity index is 2.40. The molecule has 1 aromatic heterocycles. The number of halogens is 1. The van der Waals surface area contributed by atoms with Crippen molar-refractivity contribution in [2.75, 3.05) is 0 Å². The number of aromatic nitrogens is 1. The Bertz CT molecular complexity index is 555. The van der Waals surface area contributed by atoms with E-state index in [2.05, 4.69) is 4.98 Å². The molecule has 1 aromatic carbocycles. The third kappa shape index (κ3) is 2.37. The average molecular weight is 230 g/mol. The van der Waals surface area contributed by atoms with E-state index >= 15 is 0 Å². The van der Waals surface area contributed by atoms with Crippen LogP contribution in [0.5, 0.6) is 0 Å². The van der Waals surface area contributed by atoms with E-state index in [-0.39, 0.29) is 17.9 Å². The van der Waals surface area contributed by atoms with Crippen LogP contribution in [0.3, 0.4) is 0 Å². The van der Waals surface area contributed by atoms with Crippen molar-refractivity contribution in [1.29, 1.82) is 0 Å². The molecule has 0 atom stereocenters. The zero-order valence-corrected chi connectivity index (χ0v) is 9.06. The summed E-state index contributed by atoms with van der Waals surface area (Å²) >= 11 is 0. The van der Waals surface area contributed by atoms with Crippen molar-refractivity contribution in [1.82, 2.24) is 4.98 Å². The second-order valence-corrected chi connectivity index (χ2v) is 3.55. The maximum atomic E-state index is 13.4. The average Bonchev–Trinajstić information content (AvgIpc) is 2.38. The van der Waals surface area contributed by atoms with E-state index in [0.717, 1.165) is 0 Å². The normalized spacial score (nSPS) is 10.2. The van der Waals surface area contributed by atoms with Gasteiger partial charge >= 0.3 is 0 Å². The number of nitrogens with zero attached hydrogens (tertiary/aromatic N) is 1. The monoisotopic (exact) mass is 230 g/mol. The Morgan fingerprint density at radius 3 is 2.76 bits per heavy atom. The van der Waals surface area contributed by atoms with Crippen LogP contribution in [0, 0.1) is 5.82 Å². The van der Waals surface area contributed by atoms with Crippen molar-refractivity contribution < 1.29 is 9.18 Å². The molecular formula is C13H11FN2O. The molecule has 3 nitrogen and oxygen atoms in total. The summed E-state index contributed by atoms with van der Waals surface area (Å²) in [6.07, 6.45) is 1.50. The first-order valence-corrected chi connectivity index (χ1v) is 5.16. The lowest BCUT2D eigenvalue weighted by Gasteiger charge is -2.03. The predicted molar refractivity (Wildman–Crippen MR) is 62.0 cm³/mol. The van der Waals surface area contributed by atoms with Gasteiger partial charge in [0.2, 0.25) is 0 Å². The zero-order valence-electron chi connectivity index (χ0n) is 9.06. The summed E-state index contributed by atoms with van der Waals surface area (Å²) in [4.78, 5) is 16.0. The summed E-state index contributed by atoms with van der Waals surface area (Å²) in [6.45, 7) is 0.248. The zero-order chi connectivity index (χ0) is 12.3. The second-order valence-electron chi connectivity index (χ2n) is 3.55. The molecule has 0 aliphatic rings. The van der Waals surface area contributed by atoms with Crippen molar-refractivity contribution in [3.05, 3.63) is 65.2 Å². The molecule has 2 N–H and O–H groups in total. The molecule has 1 heterocycles. The Morgan fingerprint density at radius 2 is 2.06 bits per heavy atom. The molecule has 17 heavy (non-hydrogen) atoms. The van der Waals surface area contributed by atoms with Crippen LogP contribution >= 0.6 is 0 Å². The standard InChI is InChI=1S/C13H11FN2O/c14-12-4-2-1-3-11(12)13(17)9-5-6-16-10(7-9)8-15/h1-7H,8,15H2. The predicted octanol–water partition coefficient (Wildman–Crippen LogP) is 1.91. The highest BCUT2D eigenvalue weighted by molar-refractivity contribution is 6.09. The SMILES string of the molecule is NCc1cc(C(=O)c2ccccc2F)ccn1. The topological polar surface area (TPSA) is 56.0 Å². The minimum atomic E-state index is -0.524. The number of carbonyl (C=O) groups is 1. The fraction of sp³-hybridized carbons (Fsp3) is 0.0769. The van der Waals surface area contributed by atoms with Gasteiger partial charge in [-0.05, 0) is 24.3 Å². The number of pyridine rings is 1. The molecule has 2 rings (SSSR count). The largest absolute Gasteiger partial charge is 0.325 e. The summed E-state index contributed by atoms with van der Waals surface area (Å²) in [7, 11) is 0. The molecule has 0 saturated carbocycles. The van der Waals surface area contributed by atoms with Gasteiger partial charge in [-0.25, -0.2) is 4.39 Å². The van der Waals surface area contributed by atoms with Crippen LogP contribution in [-0.4, -0.2) is 10.8 Å². The fourth-order valence-corrected chi connectivity index (χ4v) is 1.53. The van der Waals surface area contributed by atoms with Gasteiger partial charge in [0, 0.05) is 18.3 Å². The number of benzene rings is 1. The van der Waals surface area contributed by atoms with Crippen molar-refractivity contribution in [2.24, 2.45) is 5.73 Å². The summed E-state index contributed by atoms with van der Waals surface area (Å²) in [6, 6.07) is 9.02. The molecule has 0 spiro atoms. The summed E-state index contributed by atoms with van der Waals surface area (Å²) in [5.74, 6) is -0.885.